The number of piperazine rings is 1. The summed E-state index contributed by atoms with van der Waals surface area (Å²) >= 11 is 0. The van der Waals surface area contributed by atoms with Gasteiger partial charge in [-0.1, -0.05) is 6.42 Å². The van der Waals surface area contributed by atoms with E-state index < -0.39 is 27.2 Å². The number of nitriles is 1. The van der Waals surface area contributed by atoms with Crippen molar-refractivity contribution in [1.29, 1.82) is 5.26 Å². The fourth-order valence-electron chi connectivity index (χ4n) is 6.78. The van der Waals surface area contributed by atoms with Crippen molar-refractivity contribution in [3.8, 4) is 6.07 Å². The van der Waals surface area contributed by atoms with Gasteiger partial charge in [-0.2, -0.15) is 10.4 Å². The van der Waals surface area contributed by atoms with E-state index in [1.807, 2.05) is 18.7 Å². The van der Waals surface area contributed by atoms with E-state index in [4.69, 9.17) is 4.98 Å². The summed E-state index contributed by atoms with van der Waals surface area (Å²) in [6.07, 6.45) is 6.31. The highest BCUT2D eigenvalue weighted by molar-refractivity contribution is 7.93. The second-order valence-electron chi connectivity index (χ2n) is 11.4. The molecule has 1 spiro atoms. The molecule has 13 heteroatoms. The number of carbonyl (C=O) groups is 1. The lowest BCUT2D eigenvalue weighted by Crippen LogP contribution is -2.64. The van der Waals surface area contributed by atoms with Gasteiger partial charge in [0.2, 0.25) is 5.91 Å². The number of carbonyl (C=O) groups excluding carboxylic acids is 1. The fraction of sp³-hybridized carbons (Fsp3) is 0.615. The Morgan fingerprint density at radius 3 is 2.56 bits per heavy atom. The van der Waals surface area contributed by atoms with Crippen LogP contribution in [-0.2, 0) is 20.0 Å². The van der Waals surface area contributed by atoms with Gasteiger partial charge in [-0.25, -0.2) is 22.8 Å². The smallest absolute Gasteiger partial charge is 0.247 e. The monoisotopic (exact) mass is 554 g/mol. The molecule has 1 saturated carbocycles. The normalized spacial score (nSPS) is 28.7. The fourth-order valence-corrected chi connectivity index (χ4v) is 8.70. The number of amides is 1. The minimum absolute atomic E-state index is 0.0274. The summed E-state index contributed by atoms with van der Waals surface area (Å²) < 4.78 is 37.8. The third-order valence-electron chi connectivity index (χ3n) is 9.13. The van der Waals surface area contributed by atoms with E-state index in [0.717, 1.165) is 36.5 Å². The average molecular weight is 555 g/mol. The Hall–Kier alpha value is -3.40. The zero-order valence-electron chi connectivity index (χ0n) is 22.0. The maximum Gasteiger partial charge on any atom is 0.247 e. The van der Waals surface area contributed by atoms with Crippen molar-refractivity contribution in [3.63, 3.8) is 0 Å². The van der Waals surface area contributed by atoms with Crippen LogP contribution in [0.15, 0.2) is 18.6 Å². The van der Waals surface area contributed by atoms with E-state index in [1.165, 1.54) is 12.5 Å². The zero-order chi connectivity index (χ0) is 27.6. The highest BCUT2D eigenvalue weighted by Crippen LogP contribution is 2.56. The molecule has 1 aliphatic carbocycles. The van der Waals surface area contributed by atoms with Crippen molar-refractivity contribution in [1.82, 2.24) is 25.1 Å². The Kier molecular flexibility index (Phi) is 6.02. The van der Waals surface area contributed by atoms with Gasteiger partial charge in [0.1, 0.15) is 30.7 Å². The van der Waals surface area contributed by atoms with Crippen molar-refractivity contribution in [2.75, 3.05) is 41.9 Å². The molecule has 2 aromatic heterocycles. The Morgan fingerprint density at radius 2 is 1.92 bits per heavy atom. The van der Waals surface area contributed by atoms with E-state index in [1.54, 1.807) is 11.0 Å². The molecule has 1 amide bonds. The summed E-state index contributed by atoms with van der Waals surface area (Å²) in [6, 6.07) is 3.31. The first kappa shape index (κ1) is 25.9. The van der Waals surface area contributed by atoms with Crippen LogP contribution in [0.5, 0.6) is 0 Å². The van der Waals surface area contributed by atoms with Gasteiger partial charge in [0.25, 0.3) is 0 Å². The average Bonchev–Trinajstić information content (AvgIpc) is 3.44. The maximum absolute atomic E-state index is 14.2. The molecule has 0 aromatic carbocycles. The van der Waals surface area contributed by atoms with Crippen LogP contribution in [0.1, 0.15) is 57.1 Å². The number of nitrogens with zero attached hydrogens (tertiary/aromatic N) is 8. The number of aromatic nitrogens is 4. The molecule has 206 valence electrons. The summed E-state index contributed by atoms with van der Waals surface area (Å²) in [7, 11) is -3.85. The number of anilines is 3. The lowest BCUT2D eigenvalue weighted by atomic mass is 9.66. The van der Waals surface area contributed by atoms with Crippen LogP contribution in [0.4, 0.5) is 21.8 Å². The summed E-state index contributed by atoms with van der Waals surface area (Å²) in [5.41, 5.74) is 1.31. The van der Waals surface area contributed by atoms with Crippen LogP contribution < -0.4 is 9.80 Å². The van der Waals surface area contributed by atoms with Crippen molar-refractivity contribution in [2.45, 2.75) is 68.2 Å². The van der Waals surface area contributed by atoms with Crippen LogP contribution in [0.25, 0.3) is 0 Å². The maximum atomic E-state index is 14.2. The van der Waals surface area contributed by atoms with E-state index in [0.29, 0.717) is 30.9 Å². The number of hydrogen-bond acceptors (Lipinski definition) is 10. The van der Waals surface area contributed by atoms with E-state index >= 15 is 0 Å². The van der Waals surface area contributed by atoms with Gasteiger partial charge in [0, 0.05) is 48.8 Å². The molecule has 39 heavy (non-hydrogen) atoms. The Morgan fingerprint density at radius 1 is 1.15 bits per heavy atom. The van der Waals surface area contributed by atoms with Crippen molar-refractivity contribution >= 4 is 33.2 Å². The molecular weight excluding hydrogens is 523 g/mol. The molecule has 4 aliphatic rings. The van der Waals surface area contributed by atoms with Crippen molar-refractivity contribution in [3.05, 3.63) is 29.7 Å². The number of fused-ring (bicyclic) bond motifs is 2. The van der Waals surface area contributed by atoms with Gasteiger partial charge in [0.15, 0.2) is 20.4 Å². The third-order valence-corrected chi connectivity index (χ3v) is 11.6. The minimum Gasteiger partial charge on any atom is -0.350 e. The van der Waals surface area contributed by atoms with Gasteiger partial charge in [-0.3, -0.25) is 4.79 Å². The van der Waals surface area contributed by atoms with Crippen molar-refractivity contribution in [2.24, 2.45) is 0 Å². The SMILES string of the molecule is C[C@@H]1CN(c2ncnc3c2C2(CCC2)CN3c2cc(C#N)cnn2)[C@@H](C)CN1C(=O)[C@@]1(CF)CCCS1(=O)=O. The topological polar surface area (TPSA) is 136 Å². The predicted octanol–water partition coefficient (Wildman–Crippen LogP) is 2.05. The largest absolute Gasteiger partial charge is 0.350 e. The molecule has 0 N–H and O–H groups in total. The highest BCUT2D eigenvalue weighted by Gasteiger charge is 2.57. The second-order valence-corrected chi connectivity index (χ2v) is 13.8. The number of rotatable bonds is 4. The van der Waals surface area contributed by atoms with E-state index in [-0.39, 0.29) is 36.2 Å². The number of halogens is 1. The van der Waals surface area contributed by atoms with Crippen LogP contribution in [0.3, 0.4) is 0 Å². The molecule has 0 bridgehead atoms. The number of alkyl halides is 1. The molecule has 11 nitrogen and oxygen atoms in total. The molecule has 5 heterocycles. The lowest BCUT2D eigenvalue weighted by Gasteiger charge is -2.48. The first-order valence-corrected chi connectivity index (χ1v) is 15.0. The molecule has 3 fully saturated rings. The van der Waals surface area contributed by atoms with Crippen LogP contribution in [0, 0.1) is 11.3 Å². The summed E-state index contributed by atoms with van der Waals surface area (Å²) in [5.74, 6) is 1.34. The minimum atomic E-state index is -3.85. The quantitative estimate of drug-likeness (QED) is 0.552. The number of hydrogen-bond donors (Lipinski definition) is 0. The summed E-state index contributed by atoms with van der Waals surface area (Å²) in [5, 5.41) is 17.7. The van der Waals surface area contributed by atoms with Crippen LogP contribution in [0.2, 0.25) is 0 Å². The molecule has 0 unspecified atom stereocenters. The molecule has 2 saturated heterocycles. The van der Waals surface area contributed by atoms with Crippen LogP contribution in [-0.4, -0.2) is 88.3 Å². The van der Waals surface area contributed by atoms with Gasteiger partial charge >= 0.3 is 0 Å². The van der Waals surface area contributed by atoms with Crippen molar-refractivity contribution < 1.29 is 17.6 Å². The Balaban J connectivity index is 1.34. The zero-order valence-corrected chi connectivity index (χ0v) is 22.9. The summed E-state index contributed by atoms with van der Waals surface area (Å²) in [4.78, 5) is 28.7. The lowest BCUT2D eigenvalue weighted by molar-refractivity contribution is -0.137. The summed E-state index contributed by atoms with van der Waals surface area (Å²) in [6.45, 7) is 4.02. The van der Waals surface area contributed by atoms with Crippen LogP contribution >= 0.6 is 0 Å². The Labute approximate surface area is 227 Å². The van der Waals surface area contributed by atoms with Gasteiger partial charge in [0.05, 0.1) is 17.5 Å². The molecule has 2 aromatic rings. The number of sulfone groups is 1. The molecule has 3 atom stereocenters. The van der Waals surface area contributed by atoms with Gasteiger partial charge in [-0.05, 0) is 39.5 Å². The van der Waals surface area contributed by atoms with E-state index in [9.17, 15) is 22.9 Å². The van der Waals surface area contributed by atoms with Gasteiger partial charge < -0.3 is 14.7 Å². The molecule has 3 aliphatic heterocycles. The molecular formula is C26H31FN8O3S. The highest BCUT2D eigenvalue weighted by atomic mass is 32.2. The predicted molar refractivity (Wildman–Crippen MR) is 141 cm³/mol. The Bertz CT molecular complexity index is 1480. The third kappa shape index (κ3) is 3.71. The van der Waals surface area contributed by atoms with Gasteiger partial charge in [-0.15, -0.1) is 5.10 Å². The first-order valence-electron chi connectivity index (χ1n) is 13.4. The first-order chi connectivity index (χ1) is 18.7. The second kappa shape index (κ2) is 9.08. The molecule has 6 rings (SSSR count). The van der Waals surface area contributed by atoms with E-state index in [2.05, 4.69) is 26.2 Å². The standard InChI is InChI=1S/C26H31FN8O3S/c1-17-13-34(24(36)26(14-27)7-4-8-39(26,37)38)18(2)12-33(17)22-21-23(30-16-29-22)35(15-25(21)5-3-6-25)20-9-19(10-28)11-31-32-20/h9,11,16-18H,3-8,12-15H2,1-2H3/t17-,18+,26-/m0/s1. The molecule has 0 radical (unpaired) electrons.